The van der Waals surface area contributed by atoms with Gasteiger partial charge in [0.2, 0.25) is 0 Å². The number of benzene rings is 1. The van der Waals surface area contributed by atoms with Crippen LogP contribution in [-0.4, -0.2) is 50.1 Å². The highest BCUT2D eigenvalue weighted by atomic mass is 16.5. The third-order valence-electron chi connectivity index (χ3n) is 5.07. The summed E-state index contributed by atoms with van der Waals surface area (Å²) in [6.07, 6.45) is 1.32. The predicted octanol–water partition coefficient (Wildman–Crippen LogP) is 3.20. The number of likely N-dealkylation sites (tertiary alicyclic amines) is 1. The first-order valence-corrected chi connectivity index (χ1v) is 8.06. The van der Waals surface area contributed by atoms with Gasteiger partial charge in [-0.25, -0.2) is 0 Å². The van der Waals surface area contributed by atoms with Crippen LogP contribution in [-0.2, 0) is 5.54 Å². The number of hydrogen-bond donors (Lipinski definition) is 0. The summed E-state index contributed by atoms with van der Waals surface area (Å²) in [5.41, 5.74) is 1.24. The van der Waals surface area contributed by atoms with Crippen molar-refractivity contribution in [3.05, 3.63) is 29.8 Å². The molecule has 0 spiro atoms. The van der Waals surface area contributed by atoms with E-state index in [1.165, 1.54) is 31.6 Å². The molecule has 3 heteroatoms. The molecule has 0 amide bonds. The molecule has 1 atom stereocenters. The van der Waals surface area contributed by atoms with Crippen molar-refractivity contribution in [1.29, 1.82) is 0 Å². The SMILES string of the molecule is CCN1CCC(CN(C)C(C)(C)c2ccccc2OC)C1. The topological polar surface area (TPSA) is 15.7 Å². The van der Waals surface area contributed by atoms with Crippen molar-refractivity contribution in [3.63, 3.8) is 0 Å². The van der Waals surface area contributed by atoms with Crippen LogP contribution in [0, 0.1) is 5.92 Å². The van der Waals surface area contributed by atoms with E-state index in [2.05, 4.69) is 55.8 Å². The number of para-hydroxylation sites is 1. The van der Waals surface area contributed by atoms with Crippen molar-refractivity contribution in [2.24, 2.45) is 5.92 Å². The van der Waals surface area contributed by atoms with Gasteiger partial charge in [0.15, 0.2) is 0 Å². The van der Waals surface area contributed by atoms with Gasteiger partial charge in [0.05, 0.1) is 7.11 Å². The summed E-state index contributed by atoms with van der Waals surface area (Å²) >= 11 is 0. The Kier molecular flexibility index (Phi) is 5.28. The molecule has 0 bridgehead atoms. The van der Waals surface area contributed by atoms with E-state index >= 15 is 0 Å². The lowest BCUT2D eigenvalue weighted by molar-refractivity contribution is 0.129. The maximum absolute atomic E-state index is 5.55. The molecule has 118 valence electrons. The van der Waals surface area contributed by atoms with Crippen molar-refractivity contribution in [3.8, 4) is 5.75 Å². The summed E-state index contributed by atoms with van der Waals surface area (Å²) in [7, 11) is 3.99. The molecule has 1 heterocycles. The minimum atomic E-state index is -0.0216. The van der Waals surface area contributed by atoms with E-state index in [9.17, 15) is 0 Å². The second kappa shape index (κ2) is 6.80. The first kappa shape index (κ1) is 16.3. The van der Waals surface area contributed by atoms with E-state index in [0.29, 0.717) is 0 Å². The molecule has 0 N–H and O–H groups in total. The number of hydrogen-bond acceptors (Lipinski definition) is 3. The average Bonchev–Trinajstić information content (AvgIpc) is 2.94. The standard InChI is InChI=1S/C18H30N2O/c1-6-20-12-11-15(14-20)13-19(4)18(2,3)16-9-7-8-10-17(16)21-5/h7-10,15H,6,11-14H2,1-5H3. The zero-order valence-electron chi connectivity index (χ0n) is 14.2. The first-order chi connectivity index (χ1) is 9.98. The quantitative estimate of drug-likeness (QED) is 0.800. The Morgan fingerprint density at radius 1 is 1.33 bits per heavy atom. The summed E-state index contributed by atoms with van der Waals surface area (Å²) in [4.78, 5) is 5.03. The molecule has 1 fully saturated rings. The fourth-order valence-electron chi connectivity index (χ4n) is 3.32. The molecule has 0 radical (unpaired) electrons. The summed E-state index contributed by atoms with van der Waals surface area (Å²) in [6.45, 7) is 11.6. The van der Waals surface area contributed by atoms with E-state index in [1.807, 2.05) is 6.07 Å². The lowest BCUT2D eigenvalue weighted by atomic mass is 9.90. The number of rotatable bonds is 6. The molecule has 0 saturated carbocycles. The summed E-state index contributed by atoms with van der Waals surface area (Å²) in [6, 6.07) is 8.37. The fraction of sp³-hybridized carbons (Fsp3) is 0.667. The van der Waals surface area contributed by atoms with Crippen LogP contribution in [0.15, 0.2) is 24.3 Å². The van der Waals surface area contributed by atoms with Gasteiger partial charge in [0.1, 0.15) is 5.75 Å². The Labute approximate surface area is 129 Å². The fourth-order valence-corrected chi connectivity index (χ4v) is 3.32. The highest BCUT2D eigenvalue weighted by Gasteiger charge is 2.32. The highest BCUT2D eigenvalue weighted by Crippen LogP contribution is 2.34. The lowest BCUT2D eigenvalue weighted by Crippen LogP contribution is -2.42. The smallest absolute Gasteiger partial charge is 0.123 e. The monoisotopic (exact) mass is 290 g/mol. The summed E-state index contributed by atoms with van der Waals surface area (Å²) in [5, 5.41) is 0. The van der Waals surface area contributed by atoms with Crippen LogP contribution in [0.25, 0.3) is 0 Å². The van der Waals surface area contributed by atoms with Crippen LogP contribution >= 0.6 is 0 Å². The molecule has 0 aromatic heterocycles. The maximum Gasteiger partial charge on any atom is 0.123 e. The van der Waals surface area contributed by atoms with E-state index in [1.54, 1.807) is 7.11 Å². The molecule has 1 aliphatic rings. The van der Waals surface area contributed by atoms with Crippen molar-refractivity contribution in [1.82, 2.24) is 9.80 Å². The zero-order chi connectivity index (χ0) is 15.5. The Hall–Kier alpha value is -1.06. The maximum atomic E-state index is 5.55. The van der Waals surface area contributed by atoms with E-state index in [0.717, 1.165) is 18.2 Å². The van der Waals surface area contributed by atoms with E-state index in [4.69, 9.17) is 4.74 Å². The van der Waals surface area contributed by atoms with Gasteiger partial charge in [-0.3, -0.25) is 4.90 Å². The van der Waals surface area contributed by atoms with Gasteiger partial charge in [-0.05, 0) is 52.4 Å². The van der Waals surface area contributed by atoms with E-state index in [-0.39, 0.29) is 5.54 Å². The Morgan fingerprint density at radius 3 is 2.67 bits per heavy atom. The largest absolute Gasteiger partial charge is 0.496 e. The molecule has 0 aliphatic carbocycles. The van der Waals surface area contributed by atoms with Crippen LogP contribution in [0.1, 0.15) is 32.8 Å². The normalized spacial score (nSPS) is 20.2. The molecule has 1 aromatic rings. The third kappa shape index (κ3) is 3.58. The first-order valence-electron chi connectivity index (χ1n) is 8.06. The second-order valence-electron chi connectivity index (χ2n) is 6.69. The predicted molar refractivity (Wildman–Crippen MR) is 88.9 cm³/mol. The summed E-state index contributed by atoms with van der Waals surface area (Å²) in [5.74, 6) is 1.76. The average molecular weight is 290 g/mol. The molecule has 1 unspecified atom stereocenters. The van der Waals surface area contributed by atoms with Gasteiger partial charge in [-0.15, -0.1) is 0 Å². The molecule has 2 rings (SSSR count). The van der Waals surface area contributed by atoms with Crippen LogP contribution in [0.5, 0.6) is 5.75 Å². The second-order valence-corrected chi connectivity index (χ2v) is 6.69. The Bertz CT molecular complexity index is 458. The number of nitrogens with zero attached hydrogens (tertiary/aromatic N) is 2. The van der Waals surface area contributed by atoms with Crippen LogP contribution in [0.4, 0.5) is 0 Å². The molecular weight excluding hydrogens is 260 g/mol. The Morgan fingerprint density at radius 2 is 2.05 bits per heavy atom. The van der Waals surface area contributed by atoms with E-state index < -0.39 is 0 Å². The molecule has 3 nitrogen and oxygen atoms in total. The van der Waals surface area contributed by atoms with Crippen molar-refractivity contribution < 1.29 is 4.74 Å². The minimum Gasteiger partial charge on any atom is -0.496 e. The van der Waals surface area contributed by atoms with Gasteiger partial charge in [0, 0.05) is 24.2 Å². The third-order valence-corrected chi connectivity index (χ3v) is 5.07. The molecule has 1 aromatic carbocycles. The Balaban J connectivity index is 2.08. The zero-order valence-corrected chi connectivity index (χ0v) is 14.2. The highest BCUT2D eigenvalue weighted by molar-refractivity contribution is 5.38. The number of methoxy groups -OCH3 is 1. The van der Waals surface area contributed by atoms with Crippen LogP contribution in [0.2, 0.25) is 0 Å². The summed E-state index contributed by atoms with van der Waals surface area (Å²) < 4.78 is 5.55. The van der Waals surface area contributed by atoms with Gasteiger partial charge in [0.25, 0.3) is 0 Å². The van der Waals surface area contributed by atoms with Crippen LogP contribution < -0.4 is 4.74 Å². The molecule has 1 aliphatic heterocycles. The van der Waals surface area contributed by atoms with Crippen molar-refractivity contribution in [2.75, 3.05) is 40.3 Å². The molecular formula is C18H30N2O. The van der Waals surface area contributed by atoms with Gasteiger partial charge >= 0.3 is 0 Å². The van der Waals surface area contributed by atoms with Gasteiger partial charge in [-0.2, -0.15) is 0 Å². The minimum absolute atomic E-state index is 0.0216. The van der Waals surface area contributed by atoms with Crippen molar-refractivity contribution in [2.45, 2.75) is 32.7 Å². The van der Waals surface area contributed by atoms with Crippen molar-refractivity contribution >= 4 is 0 Å². The number of ether oxygens (including phenoxy) is 1. The van der Waals surface area contributed by atoms with Gasteiger partial charge in [-0.1, -0.05) is 25.1 Å². The van der Waals surface area contributed by atoms with Crippen LogP contribution in [0.3, 0.4) is 0 Å². The molecule has 1 saturated heterocycles. The lowest BCUT2D eigenvalue weighted by Gasteiger charge is -2.38. The van der Waals surface area contributed by atoms with Gasteiger partial charge < -0.3 is 9.64 Å². The molecule has 21 heavy (non-hydrogen) atoms.